The standard InChI is InChI=1S/C16H16Cl2N2.2ClH/c17-15-7-6-13(10-16(15)18)20(14-8-9-19-11-14)12-4-2-1-3-5-12;;/h1-7,10,14,19H,8-9,11H2;2*1H/t14-;;/m0../s1. The Labute approximate surface area is 153 Å². The number of nitrogens with one attached hydrogen (secondary N) is 1. The number of anilines is 2. The van der Waals surface area contributed by atoms with Crippen molar-refractivity contribution in [2.75, 3.05) is 18.0 Å². The Kier molecular flexibility index (Phi) is 7.81. The van der Waals surface area contributed by atoms with E-state index in [2.05, 4.69) is 34.5 Å². The molecular weight excluding hydrogens is 362 g/mol. The number of hydrogen-bond donors (Lipinski definition) is 1. The van der Waals surface area contributed by atoms with Gasteiger partial charge < -0.3 is 10.2 Å². The van der Waals surface area contributed by atoms with Gasteiger partial charge in [0.2, 0.25) is 0 Å². The van der Waals surface area contributed by atoms with Gasteiger partial charge in [0, 0.05) is 24.0 Å². The van der Waals surface area contributed by atoms with Gasteiger partial charge in [-0.3, -0.25) is 0 Å². The zero-order valence-corrected chi connectivity index (χ0v) is 15.0. The fourth-order valence-electron chi connectivity index (χ4n) is 2.65. The fraction of sp³-hybridized carbons (Fsp3) is 0.250. The summed E-state index contributed by atoms with van der Waals surface area (Å²) in [7, 11) is 0. The van der Waals surface area contributed by atoms with Crippen LogP contribution in [0.4, 0.5) is 11.4 Å². The molecule has 22 heavy (non-hydrogen) atoms. The summed E-state index contributed by atoms with van der Waals surface area (Å²) in [6.07, 6.45) is 1.12. The second kappa shape index (κ2) is 8.85. The fourth-order valence-corrected chi connectivity index (χ4v) is 2.95. The molecule has 1 saturated heterocycles. The average molecular weight is 380 g/mol. The van der Waals surface area contributed by atoms with Crippen molar-refractivity contribution in [3.8, 4) is 0 Å². The van der Waals surface area contributed by atoms with Crippen LogP contribution in [0.25, 0.3) is 0 Å². The second-order valence-corrected chi connectivity index (χ2v) is 5.76. The van der Waals surface area contributed by atoms with E-state index in [4.69, 9.17) is 23.2 Å². The van der Waals surface area contributed by atoms with Crippen LogP contribution in [0.3, 0.4) is 0 Å². The number of hydrogen-bond acceptors (Lipinski definition) is 2. The minimum absolute atomic E-state index is 0. The summed E-state index contributed by atoms with van der Waals surface area (Å²) in [5.74, 6) is 0. The van der Waals surface area contributed by atoms with E-state index >= 15 is 0 Å². The lowest BCUT2D eigenvalue weighted by atomic mass is 10.1. The SMILES string of the molecule is Cl.Cl.Clc1ccc(N(c2ccccc2)[C@H]2CCNC2)cc1Cl. The minimum Gasteiger partial charge on any atom is -0.337 e. The van der Waals surface area contributed by atoms with Gasteiger partial charge in [-0.25, -0.2) is 0 Å². The first kappa shape index (κ1) is 19.4. The molecule has 1 heterocycles. The topological polar surface area (TPSA) is 15.3 Å². The zero-order valence-electron chi connectivity index (χ0n) is 11.8. The van der Waals surface area contributed by atoms with Gasteiger partial charge in [0.1, 0.15) is 0 Å². The first-order valence-corrected chi connectivity index (χ1v) is 7.51. The predicted octanol–water partition coefficient (Wildman–Crippen LogP) is 5.34. The predicted molar refractivity (Wildman–Crippen MR) is 101 cm³/mol. The van der Waals surface area contributed by atoms with E-state index in [0.29, 0.717) is 16.1 Å². The Balaban J connectivity index is 0.00000121. The third-order valence-corrected chi connectivity index (χ3v) is 4.35. The van der Waals surface area contributed by atoms with E-state index in [-0.39, 0.29) is 24.8 Å². The van der Waals surface area contributed by atoms with Crippen molar-refractivity contribution in [1.29, 1.82) is 0 Å². The molecule has 0 bridgehead atoms. The summed E-state index contributed by atoms with van der Waals surface area (Å²) >= 11 is 12.2. The highest BCUT2D eigenvalue weighted by atomic mass is 35.5. The van der Waals surface area contributed by atoms with Gasteiger partial charge in [-0.1, -0.05) is 41.4 Å². The lowest BCUT2D eigenvalue weighted by Crippen LogP contribution is -2.32. The van der Waals surface area contributed by atoms with E-state index in [1.165, 1.54) is 5.69 Å². The molecule has 2 aromatic rings. The third-order valence-electron chi connectivity index (χ3n) is 3.62. The van der Waals surface area contributed by atoms with Crippen LogP contribution in [-0.2, 0) is 0 Å². The number of halogens is 4. The second-order valence-electron chi connectivity index (χ2n) is 4.95. The maximum absolute atomic E-state index is 6.18. The van der Waals surface area contributed by atoms with Crippen molar-refractivity contribution in [1.82, 2.24) is 5.32 Å². The number of benzene rings is 2. The maximum Gasteiger partial charge on any atom is 0.0613 e. The van der Waals surface area contributed by atoms with E-state index in [9.17, 15) is 0 Å². The van der Waals surface area contributed by atoms with Gasteiger partial charge >= 0.3 is 0 Å². The summed E-state index contributed by atoms with van der Waals surface area (Å²) in [6, 6.07) is 16.7. The summed E-state index contributed by atoms with van der Waals surface area (Å²) < 4.78 is 0. The molecule has 120 valence electrons. The molecule has 0 spiro atoms. The van der Waals surface area contributed by atoms with Gasteiger partial charge in [0.15, 0.2) is 0 Å². The molecule has 2 nitrogen and oxygen atoms in total. The maximum atomic E-state index is 6.18. The van der Waals surface area contributed by atoms with Crippen molar-refractivity contribution < 1.29 is 0 Å². The lowest BCUT2D eigenvalue weighted by molar-refractivity contribution is 0.712. The summed E-state index contributed by atoms with van der Waals surface area (Å²) in [6.45, 7) is 2.03. The first-order valence-electron chi connectivity index (χ1n) is 6.76. The van der Waals surface area contributed by atoms with Gasteiger partial charge in [-0.05, 0) is 43.3 Å². The van der Waals surface area contributed by atoms with Gasteiger partial charge in [0.05, 0.1) is 10.0 Å². The van der Waals surface area contributed by atoms with Crippen LogP contribution in [0, 0.1) is 0 Å². The van der Waals surface area contributed by atoms with Gasteiger partial charge in [0.25, 0.3) is 0 Å². The quantitative estimate of drug-likeness (QED) is 0.774. The molecule has 2 aromatic carbocycles. The van der Waals surface area contributed by atoms with Gasteiger partial charge in [-0.2, -0.15) is 0 Å². The smallest absolute Gasteiger partial charge is 0.0613 e. The van der Waals surface area contributed by atoms with Crippen LogP contribution in [0.2, 0.25) is 10.0 Å². The monoisotopic (exact) mass is 378 g/mol. The molecule has 1 aliphatic rings. The molecule has 0 radical (unpaired) electrons. The van der Waals surface area contributed by atoms with Crippen molar-refractivity contribution >= 4 is 59.4 Å². The van der Waals surface area contributed by atoms with E-state index in [1.54, 1.807) is 0 Å². The van der Waals surface area contributed by atoms with Crippen LogP contribution in [0.15, 0.2) is 48.5 Å². The molecule has 1 atom stereocenters. The Morgan fingerprint density at radius 1 is 0.909 bits per heavy atom. The largest absolute Gasteiger partial charge is 0.337 e. The Hall–Kier alpha value is -0.640. The Bertz CT molecular complexity index is 586. The molecule has 1 aliphatic heterocycles. The minimum atomic E-state index is 0. The van der Waals surface area contributed by atoms with Crippen LogP contribution in [-0.4, -0.2) is 19.1 Å². The molecule has 3 rings (SSSR count). The summed E-state index contributed by atoms with van der Waals surface area (Å²) in [5.41, 5.74) is 2.26. The molecule has 0 unspecified atom stereocenters. The van der Waals surface area contributed by atoms with Crippen LogP contribution >= 0.6 is 48.0 Å². The number of nitrogens with zero attached hydrogens (tertiary/aromatic N) is 1. The van der Waals surface area contributed by atoms with E-state index in [0.717, 1.165) is 25.2 Å². The molecule has 0 saturated carbocycles. The molecule has 0 amide bonds. The highest BCUT2D eigenvalue weighted by Crippen LogP contribution is 2.34. The number of para-hydroxylation sites is 1. The Morgan fingerprint density at radius 2 is 1.64 bits per heavy atom. The normalized spacial score (nSPS) is 16.5. The van der Waals surface area contributed by atoms with Crippen molar-refractivity contribution in [3.63, 3.8) is 0 Å². The Morgan fingerprint density at radius 3 is 2.23 bits per heavy atom. The average Bonchev–Trinajstić information content (AvgIpc) is 2.98. The highest BCUT2D eigenvalue weighted by Gasteiger charge is 2.24. The molecular formula is C16H18Cl4N2. The lowest BCUT2D eigenvalue weighted by Gasteiger charge is -2.31. The summed E-state index contributed by atoms with van der Waals surface area (Å²) in [5, 5.41) is 4.60. The van der Waals surface area contributed by atoms with Crippen molar-refractivity contribution in [2.24, 2.45) is 0 Å². The first-order chi connectivity index (χ1) is 9.75. The van der Waals surface area contributed by atoms with Crippen molar-refractivity contribution in [2.45, 2.75) is 12.5 Å². The van der Waals surface area contributed by atoms with Crippen LogP contribution < -0.4 is 10.2 Å². The summed E-state index contributed by atoms with van der Waals surface area (Å²) in [4.78, 5) is 2.34. The van der Waals surface area contributed by atoms with Crippen LogP contribution in [0.5, 0.6) is 0 Å². The molecule has 0 aliphatic carbocycles. The van der Waals surface area contributed by atoms with E-state index in [1.807, 2.05) is 24.3 Å². The molecule has 1 N–H and O–H groups in total. The van der Waals surface area contributed by atoms with E-state index < -0.39 is 0 Å². The molecule has 0 aromatic heterocycles. The molecule has 6 heteroatoms. The van der Waals surface area contributed by atoms with Crippen molar-refractivity contribution in [3.05, 3.63) is 58.6 Å². The third kappa shape index (κ3) is 4.21. The number of rotatable bonds is 3. The highest BCUT2D eigenvalue weighted by molar-refractivity contribution is 6.42. The van der Waals surface area contributed by atoms with Gasteiger partial charge in [-0.15, -0.1) is 24.8 Å². The zero-order chi connectivity index (χ0) is 13.9. The van der Waals surface area contributed by atoms with Crippen LogP contribution in [0.1, 0.15) is 6.42 Å². The molecule has 1 fully saturated rings.